The van der Waals surface area contributed by atoms with Crippen molar-refractivity contribution in [1.29, 1.82) is 0 Å². The van der Waals surface area contributed by atoms with E-state index in [0.29, 0.717) is 22.2 Å². The van der Waals surface area contributed by atoms with Crippen LogP contribution in [0.25, 0.3) is 28.5 Å². The summed E-state index contributed by atoms with van der Waals surface area (Å²) in [6.07, 6.45) is 1.84. The van der Waals surface area contributed by atoms with Crippen molar-refractivity contribution in [1.82, 2.24) is 14.6 Å². The number of rotatable bonds is 10. The van der Waals surface area contributed by atoms with E-state index < -0.39 is 29.0 Å². The molecule has 0 aliphatic carbocycles. The molecule has 3 rings (SSSR count). The Morgan fingerprint density at radius 2 is 2.06 bits per heavy atom. The number of carbonyl (C=O) groups excluding carboxylic acids is 2. The SMILES string of the molecule is C=Cc1cc2c(C(=O)NC)c(-c3ccc(F)cc3)oc2nc1CN(CCCC(=O)OC)S(=O)[O-]. The molecule has 1 amide bonds. The second kappa shape index (κ2) is 11.1. The zero-order valence-electron chi connectivity index (χ0n) is 18.6. The lowest BCUT2D eigenvalue weighted by molar-refractivity contribution is -0.140. The molecule has 3 aromatic rings. The number of benzene rings is 1. The van der Waals surface area contributed by atoms with Crippen LogP contribution in [0.5, 0.6) is 0 Å². The fourth-order valence-corrected chi connectivity index (χ4v) is 3.91. The number of amides is 1. The summed E-state index contributed by atoms with van der Waals surface area (Å²) in [5.41, 5.74) is 1.67. The smallest absolute Gasteiger partial charge is 0.305 e. The highest BCUT2D eigenvalue weighted by molar-refractivity contribution is 7.76. The first-order chi connectivity index (χ1) is 16.3. The quantitative estimate of drug-likeness (QED) is 0.343. The van der Waals surface area contributed by atoms with Crippen molar-refractivity contribution in [2.75, 3.05) is 20.7 Å². The number of hydrogen-bond donors (Lipinski definition) is 1. The molecule has 0 saturated carbocycles. The summed E-state index contributed by atoms with van der Waals surface area (Å²) in [5.74, 6) is -1.09. The van der Waals surface area contributed by atoms with Crippen LogP contribution in [0.15, 0.2) is 41.3 Å². The Hall–Kier alpha value is -3.41. The molecule has 2 heterocycles. The number of hydrogen-bond acceptors (Lipinski definition) is 7. The normalized spacial score (nSPS) is 12.0. The number of fused-ring (bicyclic) bond motifs is 1. The van der Waals surface area contributed by atoms with Crippen LogP contribution in [-0.2, 0) is 27.3 Å². The third kappa shape index (κ3) is 5.56. The van der Waals surface area contributed by atoms with Gasteiger partial charge in [0.2, 0.25) is 5.71 Å². The van der Waals surface area contributed by atoms with E-state index in [9.17, 15) is 22.7 Å². The zero-order valence-corrected chi connectivity index (χ0v) is 19.4. The van der Waals surface area contributed by atoms with E-state index in [1.807, 2.05) is 0 Å². The fraction of sp³-hybridized carbons (Fsp3) is 0.261. The Morgan fingerprint density at radius 1 is 1.35 bits per heavy atom. The van der Waals surface area contributed by atoms with Crippen LogP contribution >= 0.6 is 0 Å². The van der Waals surface area contributed by atoms with E-state index in [2.05, 4.69) is 21.6 Å². The van der Waals surface area contributed by atoms with Crippen molar-refractivity contribution < 1.29 is 31.9 Å². The van der Waals surface area contributed by atoms with Gasteiger partial charge in [-0.3, -0.25) is 13.8 Å². The van der Waals surface area contributed by atoms with Gasteiger partial charge in [-0.05, 0) is 42.3 Å². The first kappa shape index (κ1) is 25.2. The van der Waals surface area contributed by atoms with Gasteiger partial charge in [-0.1, -0.05) is 12.7 Å². The summed E-state index contributed by atoms with van der Waals surface area (Å²) < 4.78 is 48.5. The van der Waals surface area contributed by atoms with E-state index in [1.165, 1.54) is 44.5 Å². The van der Waals surface area contributed by atoms with Crippen LogP contribution in [0.2, 0.25) is 0 Å². The number of carbonyl (C=O) groups is 2. The molecule has 0 aliphatic rings. The summed E-state index contributed by atoms with van der Waals surface area (Å²) in [5, 5.41) is 2.96. The predicted molar refractivity (Wildman–Crippen MR) is 123 cm³/mol. The number of pyridine rings is 1. The minimum atomic E-state index is -2.58. The van der Waals surface area contributed by atoms with Crippen LogP contribution in [0.3, 0.4) is 0 Å². The molecule has 0 saturated heterocycles. The van der Waals surface area contributed by atoms with Crippen molar-refractivity contribution in [3.63, 3.8) is 0 Å². The van der Waals surface area contributed by atoms with Gasteiger partial charge in [0.15, 0.2) is 0 Å². The van der Waals surface area contributed by atoms with E-state index >= 15 is 0 Å². The number of nitrogens with zero attached hydrogens (tertiary/aromatic N) is 2. The highest BCUT2D eigenvalue weighted by atomic mass is 32.2. The molecule has 34 heavy (non-hydrogen) atoms. The lowest BCUT2D eigenvalue weighted by Crippen LogP contribution is -2.28. The molecule has 0 bridgehead atoms. The topological polar surface area (TPSA) is 125 Å². The average molecular weight is 489 g/mol. The standard InChI is InChI=1S/C23H24FN3O6S/c1-4-14-12-17-20(22(29)25-2)21(15-7-9-16(24)10-8-15)33-23(17)26-18(14)13-27(34(30)31)11-5-6-19(28)32-3/h4,7-10,12H,1,5-6,11,13H2,2-3H3,(H,25,29)(H,30,31)/p-1. The Balaban J connectivity index is 2.04. The molecule has 1 N–H and O–H groups in total. The summed E-state index contributed by atoms with van der Waals surface area (Å²) in [7, 11) is 2.74. The van der Waals surface area contributed by atoms with Gasteiger partial charge >= 0.3 is 5.97 Å². The van der Waals surface area contributed by atoms with E-state index in [1.54, 1.807) is 6.07 Å². The van der Waals surface area contributed by atoms with Gasteiger partial charge in [0.05, 0.1) is 30.3 Å². The molecule has 0 aliphatic heterocycles. The third-order valence-corrected chi connectivity index (χ3v) is 5.86. The van der Waals surface area contributed by atoms with Gasteiger partial charge < -0.3 is 19.0 Å². The number of ether oxygens (including phenoxy) is 1. The van der Waals surface area contributed by atoms with Crippen LogP contribution in [0, 0.1) is 5.82 Å². The molecular weight excluding hydrogens is 465 g/mol. The van der Waals surface area contributed by atoms with Crippen molar-refractivity contribution in [2.45, 2.75) is 19.4 Å². The van der Waals surface area contributed by atoms with Gasteiger partial charge in [-0.15, -0.1) is 0 Å². The number of aromatic nitrogens is 1. The minimum Gasteiger partial charge on any atom is -0.760 e. The largest absolute Gasteiger partial charge is 0.760 e. The maximum atomic E-state index is 13.4. The van der Waals surface area contributed by atoms with Gasteiger partial charge in [0, 0.05) is 36.8 Å². The lowest BCUT2D eigenvalue weighted by Gasteiger charge is -2.24. The van der Waals surface area contributed by atoms with E-state index in [-0.39, 0.29) is 43.0 Å². The second-order valence-electron chi connectivity index (χ2n) is 7.23. The summed E-state index contributed by atoms with van der Waals surface area (Å²) in [4.78, 5) is 28.5. The fourth-order valence-electron chi connectivity index (χ4n) is 3.41. The summed E-state index contributed by atoms with van der Waals surface area (Å²) >= 11 is -2.58. The van der Waals surface area contributed by atoms with Gasteiger partial charge in [0.1, 0.15) is 11.6 Å². The number of methoxy groups -OCH3 is 1. The predicted octanol–water partition coefficient (Wildman–Crippen LogP) is 3.19. The van der Waals surface area contributed by atoms with Gasteiger partial charge in [-0.2, -0.15) is 0 Å². The number of esters is 1. The Labute approximate surface area is 198 Å². The maximum absolute atomic E-state index is 13.4. The van der Waals surface area contributed by atoms with Crippen molar-refractivity contribution in [3.05, 3.63) is 59.5 Å². The molecule has 0 radical (unpaired) electrons. The monoisotopic (exact) mass is 488 g/mol. The molecule has 1 unspecified atom stereocenters. The van der Waals surface area contributed by atoms with Crippen LogP contribution < -0.4 is 5.32 Å². The molecule has 11 heteroatoms. The second-order valence-corrected chi connectivity index (χ2v) is 8.18. The summed E-state index contributed by atoms with van der Waals surface area (Å²) in [6, 6.07) is 7.11. The molecule has 2 aromatic heterocycles. The highest BCUT2D eigenvalue weighted by Crippen LogP contribution is 2.34. The molecule has 0 fully saturated rings. The molecule has 0 spiro atoms. The highest BCUT2D eigenvalue weighted by Gasteiger charge is 2.24. The number of nitrogens with one attached hydrogen (secondary N) is 1. The van der Waals surface area contributed by atoms with Crippen molar-refractivity contribution >= 4 is 40.3 Å². The first-order valence-corrected chi connectivity index (χ1v) is 11.3. The van der Waals surface area contributed by atoms with E-state index in [0.717, 1.165) is 4.31 Å². The molecule has 9 nitrogen and oxygen atoms in total. The van der Waals surface area contributed by atoms with Crippen LogP contribution in [0.1, 0.15) is 34.5 Å². The third-order valence-electron chi connectivity index (χ3n) is 5.13. The average Bonchev–Trinajstić information content (AvgIpc) is 3.20. The Bertz CT molecular complexity index is 1240. The zero-order chi connectivity index (χ0) is 24.8. The maximum Gasteiger partial charge on any atom is 0.305 e. The van der Waals surface area contributed by atoms with Crippen molar-refractivity contribution in [2.24, 2.45) is 0 Å². The molecule has 1 atom stereocenters. The van der Waals surface area contributed by atoms with Crippen molar-refractivity contribution in [3.8, 4) is 11.3 Å². The summed E-state index contributed by atoms with van der Waals surface area (Å²) in [6.45, 7) is 3.74. The lowest BCUT2D eigenvalue weighted by atomic mass is 10.0. The first-order valence-electron chi connectivity index (χ1n) is 10.3. The number of halogens is 1. The molecular formula is C23H23FN3O6S-. The van der Waals surface area contributed by atoms with Crippen LogP contribution in [0.4, 0.5) is 4.39 Å². The number of furan rings is 1. The van der Waals surface area contributed by atoms with Gasteiger partial charge in [0.25, 0.3) is 5.91 Å². The van der Waals surface area contributed by atoms with Gasteiger partial charge in [-0.25, -0.2) is 13.7 Å². The van der Waals surface area contributed by atoms with E-state index in [4.69, 9.17) is 4.42 Å². The minimum absolute atomic E-state index is 0.0691. The Morgan fingerprint density at radius 3 is 2.65 bits per heavy atom. The molecule has 180 valence electrons. The van der Waals surface area contributed by atoms with Crippen LogP contribution in [-0.4, -0.2) is 50.6 Å². The molecule has 1 aromatic carbocycles. The Kier molecular flexibility index (Phi) is 8.26.